The summed E-state index contributed by atoms with van der Waals surface area (Å²) in [6, 6.07) is 4.93. The van der Waals surface area contributed by atoms with Crippen LogP contribution >= 0.6 is 15.9 Å². The number of rotatable bonds is 2. The van der Waals surface area contributed by atoms with Crippen LogP contribution in [0.4, 0.5) is 4.39 Å². The highest BCUT2D eigenvalue weighted by Gasteiger charge is 2.22. The van der Waals surface area contributed by atoms with Gasteiger partial charge in [-0.15, -0.1) is 0 Å². The van der Waals surface area contributed by atoms with E-state index < -0.39 is 0 Å². The highest BCUT2D eigenvalue weighted by atomic mass is 79.9. The molecule has 1 fully saturated rings. The van der Waals surface area contributed by atoms with Crippen molar-refractivity contribution in [3.63, 3.8) is 0 Å². The Kier molecular flexibility index (Phi) is 2.15. The third-order valence-corrected chi connectivity index (χ3v) is 2.25. The minimum atomic E-state index is -0.194. The van der Waals surface area contributed by atoms with Crippen molar-refractivity contribution >= 4 is 15.9 Å². The van der Waals surface area contributed by atoms with Crippen molar-refractivity contribution in [2.45, 2.75) is 12.5 Å². The molecule has 0 aliphatic carbocycles. The molecule has 1 aromatic carbocycles. The van der Waals surface area contributed by atoms with E-state index in [-0.39, 0.29) is 5.82 Å². The molecule has 1 aliphatic rings. The number of epoxide rings is 1. The standard InChI is InChI=1S/C9H8BrFO/c10-7-1-6(2-8(11)4-7)3-9-5-12-9/h1-2,4,9H,3,5H2. The normalized spacial score (nSPS) is 21.0. The smallest absolute Gasteiger partial charge is 0.124 e. The first-order chi connectivity index (χ1) is 5.74. The van der Waals surface area contributed by atoms with Gasteiger partial charge in [0, 0.05) is 10.9 Å². The maximum atomic E-state index is 12.8. The second-order valence-corrected chi connectivity index (χ2v) is 3.85. The summed E-state index contributed by atoms with van der Waals surface area (Å²) in [5, 5.41) is 0. The summed E-state index contributed by atoms with van der Waals surface area (Å²) in [6.07, 6.45) is 1.13. The van der Waals surface area contributed by atoms with Crippen LogP contribution in [0.5, 0.6) is 0 Å². The van der Waals surface area contributed by atoms with Gasteiger partial charge in [0.25, 0.3) is 0 Å². The molecule has 1 heterocycles. The van der Waals surface area contributed by atoms with Gasteiger partial charge in [-0.05, 0) is 23.8 Å². The minimum Gasteiger partial charge on any atom is -0.373 e. The molecule has 1 aliphatic heterocycles. The van der Waals surface area contributed by atoms with Crippen molar-refractivity contribution in [3.8, 4) is 0 Å². The molecule has 1 atom stereocenters. The molecule has 64 valence electrons. The molecular formula is C9H8BrFO. The van der Waals surface area contributed by atoms with Crippen LogP contribution in [-0.4, -0.2) is 12.7 Å². The van der Waals surface area contributed by atoms with Gasteiger partial charge in [0.2, 0.25) is 0 Å². The van der Waals surface area contributed by atoms with Gasteiger partial charge in [0.1, 0.15) is 5.82 Å². The lowest BCUT2D eigenvalue weighted by Gasteiger charge is -1.99. The molecule has 0 spiro atoms. The first-order valence-corrected chi connectivity index (χ1v) is 4.60. The third-order valence-electron chi connectivity index (χ3n) is 1.79. The van der Waals surface area contributed by atoms with E-state index in [1.807, 2.05) is 6.07 Å². The van der Waals surface area contributed by atoms with Crippen molar-refractivity contribution in [3.05, 3.63) is 34.1 Å². The summed E-state index contributed by atoms with van der Waals surface area (Å²) < 4.78 is 18.7. The Morgan fingerprint density at radius 3 is 2.83 bits per heavy atom. The number of hydrogen-bond acceptors (Lipinski definition) is 1. The summed E-state index contributed by atoms with van der Waals surface area (Å²) in [6.45, 7) is 0.814. The summed E-state index contributed by atoms with van der Waals surface area (Å²) in [5.41, 5.74) is 0.990. The van der Waals surface area contributed by atoms with E-state index in [4.69, 9.17) is 4.74 Å². The zero-order valence-electron chi connectivity index (χ0n) is 6.39. The molecule has 0 amide bonds. The largest absolute Gasteiger partial charge is 0.373 e. The first kappa shape index (κ1) is 8.20. The van der Waals surface area contributed by atoms with Crippen LogP contribution in [0.1, 0.15) is 5.56 Å². The van der Waals surface area contributed by atoms with Crippen molar-refractivity contribution in [1.82, 2.24) is 0 Å². The molecule has 1 nitrogen and oxygen atoms in total. The number of hydrogen-bond donors (Lipinski definition) is 0. The fraction of sp³-hybridized carbons (Fsp3) is 0.333. The molecule has 2 rings (SSSR count). The summed E-state index contributed by atoms with van der Waals surface area (Å²) in [4.78, 5) is 0. The predicted molar refractivity (Wildman–Crippen MR) is 47.5 cm³/mol. The molecular weight excluding hydrogens is 223 g/mol. The molecule has 0 bridgehead atoms. The second-order valence-electron chi connectivity index (χ2n) is 2.94. The highest BCUT2D eigenvalue weighted by molar-refractivity contribution is 9.10. The Balaban J connectivity index is 2.18. The Morgan fingerprint density at radius 1 is 1.50 bits per heavy atom. The quantitative estimate of drug-likeness (QED) is 0.712. The first-order valence-electron chi connectivity index (χ1n) is 3.80. The van der Waals surface area contributed by atoms with Gasteiger partial charge >= 0.3 is 0 Å². The SMILES string of the molecule is Fc1cc(Br)cc(CC2CO2)c1. The van der Waals surface area contributed by atoms with Crippen LogP contribution in [0, 0.1) is 5.82 Å². The number of halogens is 2. The van der Waals surface area contributed by atoms with E-state index in [0.29, 0.717) is 6.10 Å². The van der Waals surface area contributed by atoms with Gasteiger partial charge in [-0.25, -0.2) is 4.39 Å². The third kappa shape index (κ3) is 2.05. The Labute approximate surface area is 78.7 Å². The maximum Gasteiger partial charge on any atom is 0.124 e. The van der Waals surface area contributed by atoms with Gasteiger partial charge in [-0.1, -0.05) is 15.9 Å². The predicted octanol–water partition coefficient (Wildman–Crippen LogP) is 2.53. The van der Waals surface area contributed by atoms with E-state index in [1.54, 1.807) is 6.07 Å². The maximum absolute atomic E-state index is 12.8. The zero-order valence-corrected chi connectivity index (χ0v) is 7.97. The lowest BCUT2D eigenvalue weighted by Crippen LogP contribution is -1.93. The Morgan fingerprint density at radius 2 is 2.25 bits per heavy atom. The molecule has 1 unspecified atom stereocenters. The number of ether oxygens (including phenoxy) is 1. The van der Waals surface area contributed by atoms with Gasteiger partial charge < -0.3 is 4.74 Å². The van der Waals surface area contributed by atoms with Crippen molar-refractivity contribution in [1.29, 1.82) is 0 Å². The van der Waals surface area contributed by atoms with E-state index in [2.05, 4.69) is 15.9 Å². The topological polar surface area (TPSA) is 12.5 Å². The van der Waals surface area contributed by atoms with Gasteiger partial charge in [0.15, 0.2) is 0 Å². The van der Waals surface area contributed by atoms with Gasteiger partial charge in [-0.3, -0.25) is 0 Å². The Hall–Kier alpha value is -0.410. The summed E-state index contributed by atoms with van der Waals surface area (Å²) >= 11 is 3.24. The number of benzene rings is 1. The molecule has 1 aromatic rings. The lowest BCUT2D eigenvalue weighted by molar-refractivity contribution is 0.407. The molecule has 0 N–H and O–H groups in total. The molecule has 3 heteroatoms. The van der Waals surface area contributed by atoms with E-state index in [9.17, 15) is 4.39 Å². The van der Waals surface area contributed by atoms with Crippen LogP contribution in [0.25, 0.3) is 0 Å². The van der Waals surface area contributed by atoms with Crippen molar-refractivity contribution in [2.24, 2.45) is 0 Å². The molecule has 12 heavy (non-hydrogen) atoms. The van der Waals surface area contributed by atoms with Gasteiger partial charge in [-0.2, -0.15) is 0 Å². The molecule has 0 radical (unpaired) electrons. The van der Waals surface area contributed by atoms with Crippen molar-refractivity contribution in [2.75, 3.05) is 6.61 Å². The van der Waals surface area contributed by atoms with Crippen LogP contribution in [0.3, 0.4) is 0 Å². The average molecular weight is 231 g/mol. The Bertz CT molecular complexity index is 276. The summed E-state index contributed by atoms with van der Waals surface area (Å²) in [5.74, 6) is -0.194. The molecule has 1 saturated heterocycles. The van der Waals surface area contributed by atoms with Crippen molar-refractivity contribution < 1.29 is 9.13 Å². The van der Waals surface area contributed by atoms with Gasteiger partial charge in [0.05, 0.1) is 12.7 Å². The zero-order chi connectivity index (χ0) is 8.55. The molecule has 0 aromatic heterocycles. The monoisotopic (exact) mass is 230 g/mol. The molecule has 0 saturated carbocycles. The van der Waals surface area contributed by atoms with Crippen LogP contribution in [0.15, 0.2) is 22.7 Å². The highest BCUT2D eigenvalue weighted by Crippen LogP contribution is 2.20. The van der Waals surface area contributed by atoms with E-state index in [1.165, 1.54) is 6.07 Å². The fourth-order valence-corrected chi connectivity index (χ4v) is 1.69. The van der Waals surface area contributed by atoms with E-state index >= 15 is 0 Å². The minimum absolute atomic E-state index is 0.194. The fourth-order valence-electron chi connectivity index (χ4n) is 1.18. The second kappa shape index (κ2) is 3.15. The summed E-state index contributed by atoms with van der Waals surface area (Å²) in [7, 11) is 0. The van der Waals surface area contributed by atoms with Crippen LogP contribution < -0.4 is 0 Å². The van der Waals surface area contributed by atoms with Crippen LogP contribution in [-0.2, 0) is 11.2 Å². The lowest BCUT2D eigenvalue weighted by atomic mass is 10.1. The average Bonchev–Trinajstić information content (AvgIpc) is 2.68. The van der Waals surface area contributed by atoms with Crippen LogP contribution in [0.2, 0.25) is 0 Å². The van der Waals surface area contributed by atoms with E-state index in [0.717, 1.165) is 23.1 Å².